The summed E-state index contributed by atoms with van der Waals surface area (Å²) >= 11 is 0. The summed E-state index contributed by atoms with van der Waals surface area (Å²) in [4.78, 5) is 35.1. The number of benzene rings is 2. The third kappa shape index (κ3) is 7.71. The zero-order valence-electron chi connectivity index (χ0n) is 16.3. The van der Waals surface area contributed by atoms with Gasteiger partial charge in [-0.3, -0.25) is 9.59 Å². The summed E-state index contributed by atoms with van der Waals surface area (Å²) in [7, 11) is 0. The molecule has 0 saturated heterocycles. The number of Topliss-reactive ketones (excluding diaryl/α,β-unsaturated/α-hetero) is 1. The molecule has 0 N–H and O–H groups in total. The van der Waals surface area contributed by atoms with Crippen molar-refractivity contribution < 1.29 is 50.2 Å². The summed E-state index contributed by atoms with van der Waals surface area (Å²) in [5, 5.41) is 0. The van der Waals surface area contributed by atoms with Crippen LogP contribution in [0.1, 0.15) is 35.1 Å². The maximum atomic E-state index is 12.7. The van der Waals surface area contributed by atoms with Gasteiger partial charge in [-0.25, -0.2) is 4.79 Å². The molecule has 2 aromatic carbocycles. The number of hydrogen-bond donors (Lipinski definition) is 0. The number of rotatable bonds is 8. The highest BCUT2D eigenvalue weighted by Gasteiger charge is 2.31. The third-order valence-corrected chi connectivity index (χ3v) is 4.06. The van der Waals surface area contributed by atoms with Gasteiger partial charge in [0.1, 0.15) is 13.2 Å². The van der Waals surface area contributed by atoms with Gasteiger partial charge in [0.25, 0.3) is 0 Å². The number of ketones is 1. The molecule has 32 heavy (non-hydrogen) atoms. The van der Waals surface area contributed by atoms with Crippen LogP contribution in [0.5, 0.6) is 0 Å². The van der Waals surface area contributed by atoms with Gasteiger partial charge in [-0.1, -0.05) is 24.3 Å². The molecule has 0 radical (unpaired) electrons. The molecule has 0 saturated carbocycles. The van der Waals surface area contributed by atoms with E-state index in [2.05, 4.69) is 4.74 Å². The second-order valence-electron chi connectivity index (χ2n) is 6.56. The molecule has 0 aliphatic rings. The molecule has 2 rings (SSSR count). The van der Waals surface area contributed by atoms with Gasteiger partial charge < -0.3 is 9.47 Å². The predicted octanol–water partition coefficient (Wildman–Crippen LogP) is 4.86. The Labute approximate surface area is 177 Å². The molecule has 0 atom stereocenters. The van der Waals surface area contributed by atoms with Crippen molar-refractivity contribution in [3.63, 3.8) is 0 Å². The topological polar surface area (TPSA) is 69.7 Å². The second kappa shape index (κ2) is 10.3. The van der Waals surface area contributed by atoms with Crippen LogP contribution in [0.15, 0.2) is 48.5 Å². The van der Waals surface area contributed by atoms with Crippen LogP contribution in [0.3, 0.4) is 0 Å². The van der Waals surface area contributed by atoms with Crippen molar-refractivity contribution in [3.8, 4) is 0 Å². The fourth-order valence-electron chi connectivity index (χ4n) is 2.46. The minimum Gasteiger partial charge on any atom is -0.461 e. The number of ether oxygens (including phenoxy) is 2. The Balaban J connectivity index is 1.77. The molecule has 2 aromatic rings. The Bertz CT molecular complexity index is 981. The van der Waals surface area contributed by atoms with E-state index in [4.69, 9.17) is 4.74 Å². The van der Waals surface area contributed by atoms with Gasteiger partial charge in [0.2, 0.25) is 5.78 Å². The van der Waals surface area contributed by atoms with Crippen molar-refractivity contribution in [2.75, 3.05) is 0 Å². The molecule has 0 fully saturated rings. The monoisotopic (exact) mass is 462 g/mol. The largest absolute Gasteiger partial charge is 0.461 e. The van der Waals surface area contributed by atoms with Crippen LogP contribution in [0, 0.1) is 0 Å². The highest BCUT2D eigenvalue weighted by molar-refractivity contribution is 6.33. The molecule has 172 valence electrons. The Morgan fingerprint density at radius 3 is 1.62 bits per heavy atom. The minimum atomic E-state index is -4.58. The molecule has 11 heteroatoms. The third-order valence-electron chi connectivity index (χ3n) is 4.06. The number of carbonyl (C=O) groups is 3. The van der Waals surface area contributed by atoms with Crippen molar-refractivity contribution in [2.45, 2.75) is 38.4 Å². The van der Waals surface area contributed by atoms with Crippen LogP contribution in [0.2, 0.25) is 0 Å². The minimum absolute atomic E-state index is 0.0153. The average Bonchev–Trinajstić information content (AvgIpc) is 2.73. The number of carbonyl (C=O) groups excluding carboxylic acids is 3. The van der Waals surface area contributed by atoms with E-state index in [1.165, 1.54) is 12.1 Å². The molecule has 0 aromatic heterocycles. The summed E-state index contributed by atoms with van der Waals surface area (Å²) in [5.74, 6) is -3.37. The Hall–Kier alpha value is -3.37. The van der Waals surface area contributed by atoms with Crippen LogP contribution >= 0.6 is 0 Å². The first-order chi connectivity index (χ1) is 14.9. The fourth-order valence-corrected chi connectivity index (χ4v) is 2.46. The lowest BCUT2D eigenvalue weighted by molar-refractivity contribution is -0.155. The zero-order valence-corrected chi connectivity index (χ0v) is 16.3. The maximum Gasteiger partial charge on any atom is 0.416 e. The summed E-state index contributed by atoms with van der Waals surface area (Å²) < 4.78 is 85.4. The zero-order chi connectivity index (χ0) is 23.9. The van der Waals surface area contributed by atoms with Crippen LogP contribution in [0.4, 0.5) is 26.3 Å². The highest BCUT2D eigenvalue weighted by Crippen LogP contribution is 2.30. The van der Waals surface area contributed by atoms with E-state index in [1.807, 2.05) is 0 Å². The molecule has 0 heterocycles. The normalized spacial score (nSPS) is 11.7. The van der Waals surface area contributed by atoms with Crippen LogP contribution in [0.25, 0.3) is 0 Å². The lowest BCUT2D eigenvalue weighted by Gasteiger charge is -2.10. The second-order valence-corrected chi connectivity index (χ2v) is 6.56. The smallest absolute Gasteiger partial charge is 0.416 e. The van der Waals surface area contributed by atoms with Crippen molar-refractivity contribution in [1.29, 1.82) is 0 Å². The van der Waals surface area contributed by atoms with Gasteiger partial charge in [0.15, 0.2) is 0 Å². The standard InChI is InChI=1S/C21H16F6O5/c22-20(23,24)15-5-1-3-13(9-15)11-31-18(29)8-7-17(28)19(30)32-12-14-4-2-6-16(10-14)21(25,26)27/h1-6,9-10H,7-8,11-12H2. The van der Waals surface area contributed by atoms with Crippen molar-refractivity contribution in [1.82, 2.24) is 0 Å². The van der Waals surface area contributed by atoms with E-state index >= 15 is 0 Å². The molecule has 0 unspecified atom stereocenters. The molecule has 0 bridgehead atoms. The molecule has 0 aliphatic heterocycles. The summed E-state index contributed by atoms with van der Waals surface area (Å²) in [6.07, 6.45) is -10.3. The van der Waals surface area contributed by atoms with E-state index in [0.717, 1.165) is 36.4 Å². The molecule has 5 nitrogen and oxygen atoms in total. The number of alkyl halides is 6. The average molecular weight is 462 g/mol. The fraction of sp³-hybridized carbons (Fsp3) is 0.286. The maximum absolute atomic E-state index is 12.7. The number of halogens is 6. The van der Waals surface area contributed by atoms with E-state index in [-0.39, 0.29) is 11.1 Å². The van der Waals surface area contributed by atoms with Crippen LogP contribution in [-0.4, -0.2) is 17.7 Å². The van der Waals surface area contributed by atoms with Gasteiger partial charge in [-0.05, 0) is 35.4 Å². The van der Waals surface area contributed by atoms with Crippen molar-refractivity contribution in [2.24, 2.45) is 0 Å². The van der Waals surface area contributed by atoms with E-state index in [0.29, 0.717) is 0 Å². The first kappa shape index (κ1) is 24.9. The predicted molar refractivity (Wildman–Crippen MR) is 96.7 cm³/mol. The first-order valence-electron chi connectivity index (χ1n) is 9.04. The van der Waals surface area contributed by atoms with Crippen molar-refractivity contribution in [3.05, 3.63) is 70.8 Å². The van der Waals surface area contributed by atoms with Gasteiger partial charge >= 0.3 is 24.3 Å². The van der Waals surface area contributed by atoms with Gasteiger partial charge in [0, 0.05) is 6.42 Å². The molecular weight excluding hydrogens is 446 g/mol. The van der Waals surface area contributed by atoms with E-state index in [1.54, 1.807) is 0 Å². The lowest BCUT2D eigenvalue weighted by Crippen LogP contribution is -2.19. The Morgan fingerprint density at radius 2 is 1.16 bits per heavy atom. The highest BCUT2D eigenvalue weighted by atomic mass is 19.4. The SMILES string of the molecule is O=C(CCC(=O)C(=O)OCc1cccc(C(F)(F)F)c1)OCc1cccc(C(F)(F)F)c1. The Morgan fingerprint density at radius 1 is 0.688 bits per heavy atom. The Kier molecular flexibility index (Phi) is 8.01. The lowest BCUT2D eigenvalue weighted by atomic mass is 10.1. The quantitative estimate of drug-likeness (QED) is 0.318. The molecule has 0 aliphatic carbocycles. The summed E-state index contributed by atoms with van der Waals surface area (Å²) in [5.41, 5.74) is -1.76. The van der Waals surface area contributed by atoms with Crippen LogP contribution in [-0.2, 0) is 49.4 Å². The molecular formula is C21H16F6O5. The number of esters is 2. The summed E-state index contributed by atoms with van der Waals surface area (Å²) in [6.45, 7) is -1.04. The molecule has 0 spiro atoms. The van der Waals surface area contributed by atoms with Gasteiger partial charge in [0.05, 0.1) is 17.5 Å². The van der Waals surface area contributed by atoms with E-state index < -0.39 is 67.3 Å². The molecule has 0 amide bonds. The van der Waals surface area contributed by atoms with Gasteiger partial charge in [-0.2, -0.15) is 26.3 Å². The van der Waals surface area contributed by atoms with E-state index in [9.17, 15) is 40.7 Å². The summed E-state index contributed by atoms with van der Waals surface area (Å²) in [6, 6.07) is 8.13. The first-order valence-corrected chi connectivity index (χ1v) is 9.04. The van der Waals surface area contributed by atoms with Crippen molar-refractivity contribution >= 4 is 17.7 Å². The van der Waals surface area contributed by atoms with Crippen LogP contribution < -0.4 is 0 Å². The van der Waals surface area contributed by atoms with Gasteiger partial charge in [-0.15, -0.1) is 0 Å². The number of hydrogen-bond acceptors (Lipinski definition) is 5.